The van der Waals surface area contributed by atoms with E-state index in [0.717, 1.165) is 0 Å². The lowest BCUT2D eigenvalue weighted by Crippen LogP contribution is -2.45. The summed E-state index contributed by atoms with van der Waals surface area (Å²) in [6.07, 6.45) is 1.10. The number of nitriles is 2. The number of amides is 1. The van der Waals surface area contributed by atoms with Gasteiger partial charge in [0, 0.05) is 0 Å². The number of methoxy groups -OCH3 is 1. The molecule has 0 aromatic heterocycles. The molecule has 1 aliphatic carbocycles. The van der Waals surface area contributed by atoms with Gasteiger partial charge < -0.3 is 10.1 Å². The maximum atomic E-state index is 12.3. The van der Waals surface area contributed by atoms with E-state index in [4.69, 9.17) is 10.00 Å². The molecule has 0 spiro atoms. The van der Waals surface area contributed by atoms with Crippen molar-refractivity contribution in [3.63, 3.8) is 0 Å². The molecule has 5 heteroatoms. The van der Waals surface area contributed by atoms with Gasteiger partial charge in [-0.1, -0.05) is 13.0 Å². The van der Waals surface area contributed by atoms with Crippen LogP contribution in [0.3, 0.4) is 0 Å². The maximum Gasteiger partial charge on any atom is 0.245 e. The molecule has 1 saturated carbocycles. The number of hydrogen-bond acceptors (Lipinski definition) is 4. The van der Waals surface area contributed by atoms with E-state index in [1.807, 2.05) is 13.0 Å². The molecule has 5 nitrogen and oxygen atoms in total. The Hall–Kier alpha value is -2.53. The van der Waals surface area contributed by atoms with E-state index in [1.54, 1.807) is 18.2 Å². The molecule has 1 aromatic carbocycles. The summed E-state index contributed by atoms with van der Waals surface area (Å²) in [5.41, 5.74) is -0.331. The van der Waals surface area contributed by atoms with Crippen molar-refractivity contribution in [3.05, 3.63) is 23.8 Å². The lowest BCUT2D eigenvalue weighted by atomic mass is 9.63. The number of carbonyl (C=O) groups is 1. The van der Waals surface area contributed by atoms with Gasteiger partial charge >= 0.3 is 0 Å². The molecule has 2 rings (SSSR count). The van der Waals surface area contributed by atoms with E-state index in [1.165, 1.54) is 7.11 Å². The van der Waals surface area contributed by atoms with Gasteiger partial charge in [-0.15, -0.1) is 0 Å². The summed E-state index contributed by atoms with van der Waals surface area (Å²) in [4.78, 5) is 12.3. The van der Waals surface area contributed by atoms with Crippen LogP contribution in [0, 0.1) is 34.0 Å². The molecular weight excluding hydrogens is 254 g/mol. The third-order valence-corrected chi connectivity index (χ3v) is 3.65. The quantitative estimate of drug-likeness (QED) is 0.913. The third kappa shape index (κ3) is 2.19. The van der Waals surface area contributed by atoms with E-state index >= 15 is 0 Å². The van der Waals surface area contributed by atoms with Gasteiger partial charge in [-0.3, -0.25) is 4.79 Å². The largest absolute Gasteiger partial charge is 0.495 e. The Morgan fingerprint density at radius 1 is 1.45 bits per heavy atom. The second-order valence-corrected chi connectivity index (χ2v) is 5.16. The van der Waals surface area contributed by atoms with Crippen molar-refractivity contribution in [2.24, 2.45) is 11.3 Å². The first kappa shape index (κ1) is 13.9. The lowest BCUT2D eigenvalue weighted by Gasteiger charge is -2.39. The Kier molecular flexibility index (Phi) is 3.63. The van der Waals surface area contributed by atoms with E-state index in [9.17, 15) is 10.1 Å². The van der Waals surface area contributed by atoms with Gasteiger partial charge in [0.25, 0.3) is 0 Å². The Bertz CT molecular complexity index is 619. The zero-order chi connectivity index (χ0) is 14.8. The predicted molar refractivity (Wildman–Crippen MR) is 72.8 cm³/mol. The van der Waals surface area contributed by atoms with Crippen LogP contribution in [-0.2, 0) is 4.79 Å². The maximum absolute atomic E-state index is 12.3. The van der Waals surface area contributed by atoms with Crippen LogP contribution in [0.4, 0.5) is 5.69 Å². The fourth-order valence-electron chi connectivity index (χ4n) is 2.61. The average molecular weight is 269 g/mol. The highest BCUT2D eigenvalue weighted by Gasteiger charge is 2.49. The molecular formula is C15H15N3O2. The van der Waals surface area contributed by atoms with Gasteiger partial charge in [-0.25, -0.2) is 0 Å². The average Bonchev–Trinajstić information content (AvgIpc) is 2.43. The SMILES string of the molecule is COc1cccc(C#N)c1NC(=O)C1(C#N)CC(C)C1. The molecule has 0 unspecified atom stereocenters. The second-order valence-electron chi connectivity index (χ2n) is 5.16. The summed E-state index contributed by atoms with van der Waals surface area (Å²) in [5, 5.41) is 21.0. The van der Waals surface area contributed by atoms with Crippen LogP contribution in [0.2, 0.25) is 0 Å². The first-order valence-corrected chi connectivity index (χ1v) is 6.36. The molecule has 102 valence electrons. The van der Waals surface area contributed by atoms with Gasteiger partial charge in [0.05, 0.1) is 18.7 Å². The van der Waals surface area contributed by atoms with E-state index in [2.05, 4.69) is 11.4 Å². The summed E-state index contributed by atoms with van der Waals surface area (Å²) in [5.74, 6) is 0.422. The number of anilines is 1. The zero-order valence-corrected chi connectivity index (χ0v) is 11.4. The molecule has 1 aliphatic rings. The van der Waals surface area contributed by atoms with E-state index in [-0.39, 0.29) is 5.91 Å². The van der Waals surface area contributed by atoms with Crippen LogP contribution >= 0.6 is 0 Å². The lowest BCUT2D eigenvalue weighted by molar-refractivity contribution is -0.128. The minimum absolute atomic E-state index is 0.318. The van der Waals surface area contributed by atoms with Crippen molar-refractivity contribution in [1.82, 2.24) is 0 Å². The van der Waals surface area contributed by atoms with Crippen LogP contribution < -0.4 is 10.1 Å². The smallest absolute Gasteiger partial charge is 0.245 e. The van der Waals surface area contributed by atoms with Crippen LogP contribution in [0.5, 0.6) is 5.75 Å². The van der Waals surface area contributed by atoms with Crippen molar-refractivity contribution < 1.29 is 9.53 Å². The van der Waals surface area contributed by atoms with Gasteiger partial charge in [0.15, 0.2) is 0 Å². The fourth-order valence-corrected chi connectivity index (χ4v) is 2.61. The molecule has 0 radical (unpaired) electrons. The summed E-state index contributed by atoms with van der Waals surface area (Å²) < 4.78 is 5.16. The minimum atomic E-state index is -0.979. The van der Waals surface area contributed by atoms with Crippen LogP contribution in [0.15, 0.2) is 18.2 Å². The van der Waals surface area contributed by atoms with E-state index < -0.39 is 5.41 Å². The van der Waals surface area contributed by atoms with Crippen LogP contribution in [0.1, 0.15) is 25.3 Å². The molecule has 0 heterocycles. The molecule has 1 fully saturated rings. The highest BCUT2D eigenvalue weighted by molar-refractivity contribution is 6.00. The minimum Gasteiger partial charge on any atom is -0.495 e. The molecule has 1 N–H and O–H groups in total. The molecule has 0 bridgehead atoms. The molecule has 0 atom stereocenters. The molecule has 1 amide bonds. The van der Waals surface area contributed by atoms with Crippen molar-refractivity contribution in [2.45, 2.75) is 19.8 Å². The fraction of sp³-hybridized carbons (Fsp3) is 0.400. The van der Waals surface area contributed by atoms with Gasteiger partial charge in [-0.2, -0.15) is 10.5 Å². The van der Waals surface area contributed by atoms with Gasteiger partial charge in [0.2, 0.25) is 5.91 Å². The van der Waals surface area contributed by atoms with Crippen LogP contribution in [-0.4, -0.2) is 13.0 Å². The number of ether oxygens (including phenoxy) is 1. The van der Waals surface area contributed by atoms with Crippen molar-refractivity contribution in [1.29, 1.82) is 10.5 Å². The Morgan fingerprint density at radius 2 is 2.15 bits per heavy atom. The van der Waals surface area contributed by atoms with E-state index in [0.29, 0.717) is 35.8 Å². The first-order valence-electron chi connectivity index (χ1n) is 6.36. The molecule has 1 aromatic rings. The van der Waals surface area contributed by atoms with Crippen LogP contribution in [0.25, 0.3) is 0 Å². The molecule has 0 aliphatic heterocycles. The highest BCUT2D eigenvalue weighted by Crippen LogP contribution is 2.46. The standard InChI is InChI=1S/C15H15N3O2/c1-10-6-15(7-10,9-17)14(19)18-13-11(8-16)4-3-5-12(13)20-2/h3-5,10H,6-7H2,1-2H3,(H,18,19). The van der Waals surface area contributed by atoms with Crippen molar-refractivity contribution >= 4 is 11.6 Å². The Morgan fingerprint density at radius 3 is 2.65 bits per heavy atom. The van der Waals surface area contributed by atoms with Crippen molar-refractivity contribution in [3.8, 4) is 17.9 Å². The zero-order valence-electron chi connectivity index (χ0n) is 11.4. The first-order chi connectivity index (χ1) is 9.56. The second kappa shape index (κ2) is 5.22. The third-order valence-electron chi connectivity index (χ3n) is 3.65. The topological polar surface area (TPSA) is 85.9 Å². The Balaban J connectivity index is 2.29. The molecule has 20 heavy (non-hydrogen) atoms. The Labute approximate surface area is 117 Å². The summed E-state index contributed by atoms with van der Waals surface area (Å²) >= 11 is 0. The van der Waals surface area contributed by atoms with Crippen molar-refractivity contribution in [2.75, 3.05) is 12.4 Å². The number of benzene rings is 1. The summed E-state index contributed by atoms with van der Waals surface area (Å²) in [6, 6.07) is 9.06. The highest BCUT2D eigenvalue weighted by atomic mass is 16.5. The number of rotatable bonds is 3. The number of nitrogens with zero attached hydrogens (tertiary/aromatic N) is 2. The summed E-state index contributed by atoms with van der Waals surface area (Å²) in [6.45, 7) is 2.01. The number of carbonyl (C=O) groups excluding carboxylic acids is 1. The molecule has 0 saturated heterocycles. The normalized spacial score (nSPS) is 23.9. The van der Waals surface area contributed by atoms with Gasteiger partial charge in [0.1, 0.15) is 22.9 Å². The predicted octanol–water partition coefficient (Wildman–Crippen LogP) is 2.45. The number of hydrogen-bond donors (Lipinski definition) is 1. The number of nitrogens with one attached hydrogen (secondary N) is 1. The van der Waals surface area contributed by atoms with Gasteiger partial charge in [-0.05, 0) is 30.9 Å². The monoisotopic (exact) mass is 269 g/mol. The summed E-state index contributed by atoms with van der Waals surface area (Å²) in [7, 11) is 1.47. The number of para-hydroxylation sites is 1.